The third kappa shape index (κ3) is 3.11. The highest BCUT2D eigenvalue weighted by Crippen LogP contribution is 2.50. The zero-order valence-corrected chi connectivity index (χ0v) is 13.9. The SMILES string of the molecule is CCOc1cc(C(=O)NC(c2cccs2)C2(CO)CCC2)[nH]n1. The van der Waals surface area contributed by atoms with Gasteiger partial charge in [0.2, 0.25) is 5.88 Å². The average molecular weight is 335 g/mol. The van der Waals surface area contributed by atoms with E-state index in [1.54, 1.807) is 17.4 Å². The van der Waals surface area contributed by atoms with Gasteiger partial charge in [-0.2, -0.15) is 0 Å². The van der Waals surface area contributed by atoms with Crippen molar-refractivity contribution in [3.8, 4) is 5.88 Å². The summed E-state index contributed by atoms with van der Waals surface area (Å²) in [5, 5.41) is 21.6. The van der Waals surface area contributed by atoms with Crippen molar-refractivity contribution in [1.29, 1.82) is 0 Å². The van der Waals surface area contributed by atoms with Crippen LogP contribution in [-0.2, 0) is 0 Å². The van der Waals surface area contributed by atoms with E-state index in [0.29, 0.717) is 18.2 Å². The highest BCUT2D eigenvalue weighted by atomic mass is 32.1. The van der Waals surface area contributed by atoms with Gasteiger partial charge in [0, 0.05) is 16.4 Å². The van der Waals surface area contributed by atoms with Crippen molar-refractivity contribution < 1.29 is 14.6 Å². The fourth-order valence-corrected chi connectivity index (χ4v) is 3.92. The molecule has 0 radical (unpaired) electrons. The van der Waals surface area contributed by atoms with Crippen LogP contribution in [0.2, 0.25) is 0 Å². The summed E-state index contributed by atoms with van der Waals surface area (Å²) < 4.78 is 5.27. The lowest BCUT2D eigenvalue weighted by Gasteiger charge is -2.46. The minimum absolute atomic E-state index is 0.0724. The maximum absolute atomic E-state index is 12.6. The van der Waals surface area contributed by atoms with Gasteiger partial charge in [-0.15, -0.1) is 16.4 Å². The Morgan fingerprint density at radius 3 is 3.00 bits per heavy atom. The molecule has 0 aliphatic heterocycles. The standard InChI is InChI=1S/C16H21N3O3S/c1-2-22-13-9-11(18-19-13)15(21)17-14(12-5-3-8-23-12)16(10-20)6-4-7-16/h3,5,8-9,14,20H,2,4,6-7,10H2,1H3,(H,17,21)(H,18,19). The number of nitrogens with zero attached hydrogens (tertiary/aromatic N) is 1. The number of H-pyrrole nitrogens is 1. The molecule has 0 saturated heterocycles. The Morgan fingerprint density at radius 1 is 1.61 bits per heavy atom. The Morgan fingerprint density at radius 2 is 2.43 bits per heavy atom. The minimum Gasteiger partial charge on any atom is -0.477 e. The lowest BCUT2D eigenvalue weighted by molar-refractivity contribution is 0.00703. The van der Waals surface area contributed by atoms with Gasteiger partial charge < -0.3 is 15.2 Å². The molecule has 7 heteroatoms. The summed E-state index contributed by atoms with van der Waals surface area (Å²) >= 11 is 1.60. The molecule has 1 unspecified atom stereocenters. The number of aliphatic hydroxyl groups is 1. The predicted octanol–water partition coefficient (Wildman–Crippen LogP) is 2.50. The largest absolute Gasteiger partial charge is 0.477 e. The molecule has 2 aromatic heterocycles. The van der Waals surface area contributed by atoms with Gasteiger partial charge in [0.25, 0.3) is 5.91 Å². The van der Waals surface area contributed by atoms with Gasteiger partial charge in [-0.05, 0) is 31.2 Å². The first-order valence-corrected chi connectivity index (χ1v) is 8.70. The summed E-state index contributed by atoms with van der Waals surface area (Å²) in [5.41, 5.74) is 0.103. The fraction of sp³-hybridized carbons (Fsp3) is 0.500. The third-order valence-corrected chi connectivity index (χ3v) is 5.41. The molecular formula is C16H21N3O3S. The highest BCUT2D eigenvalue weighted by Gasteiger charge is 2.45. The molecular weight excluding hydrogens is 314 g/mol. The zero-order chi connectivity index (χ0) is 16.3. The number of aliphatic hydroxyl groups excluding tert-OH is 1. The Bertz CT molecular complexity index is 644. The van der Waals surface area contributed by atoms with E-state index in [1.807, 2.05) is 24.4 Å². The summed E-state index contributed by atoms with van der Waals surface area (Å²) in [4.78, 5) is 13.6. The first-order chi connectivity index (χ1) is 11.2. The molecule has 1 aliphatic carbocycles. The topological polar surface area (TPSA) is 87.2 Å². The van der Waals surface area contributed by atoms with Crippen LogP contribution in [0, 0.1) is 5.41 Å². The molecule has 1 saturated carbocycles. The number of hydrogen-bond donors (Lipinski definition) is 3. The Labute approximate surface area is 138 Å². The van der Waals surface area contributed by atoms with Crippen LogP contribution in [-0.4, -0.2) is 34.4 Å². The predicted molar refractivity (Wildman–Crippen MR) is 87.7 cm³/mol. The minimum atomic E-state index is -0.261. The van der Waals surface area contributed by atoms with Crippen molar-refractivity contribution in [2.75, 3.05) is 13.2 Å². The molecule has 0 bridgehead atoms. The van der Waals surface area contributed by atoms with Crippen molar-refractivity contribution in [3.05, 3.63) is 34.2 Å². The van der Waals surface area contributed by atoms with Gasteiger partial charge in [-0.3, -0.25) is 9.89 Å². The molecule has 3 N–H and O–H groups in total. The molecule has 1 aliphatic rings. The van der Waals surface area contributed by atoms with Gasteiger partial charge in [0.1, 0.15) is 5.69 Å². The third-order valence-electron chi connectivity index (χ3n) is 4.47. The summed E-state index contributed by atoms with van der Waals surface area (Å²) in [6, 6.07) is 5.38. The van der Waals surface area contributed by atoms with Crippen molar-refractivity contribution in [3.63, 3.8) is 0 Å². The number of carbonyl (C=O) groups excluding carboxylic acids is 1. The number of aromatic nitrogens is 2. The van der Waals surface area contributed by atoms with Crippen LogP contribution in [0.25, 0.3) is 0 Å². The smallest absolute Gasteiger partial charge is 0.269 e. The van der Waals surface area contributed by atoms with Crippen LogP contribution in [0.15, 0.2) is 23.6 Å². The quantitative estimate of drug-likeness (QED) is 0.725. The Balaban J connectivity index is 1.79. The van der Waals surface area contributed by atoms with E-state index >= 15 is 0 Å². The van der Waals surface area contributed by atoms with Crippen LogP contribution in [0.3, 0.4) is 0 Å². The van der Waals surface area contributed by atoms with Crippen molar-refractivity contribution in [1.82, 2.24) is 15.5 Å². The molecule has 6 nitrogen and oxygen atoms in total. The number of rotatable bonds is 7. The molecule has 2 aromatic rings. The fourth-order valence-electron chi connectivity index (χ4n) is 3.00. The maximum Gasteiger partial charge on any atom is 0.269 e. The normalized spacial score (nSPS) is 17.3. The van der Waals surface area contributed by atoms with E-state index in [2.05, 4.69) is 15.5 Å². The molecule has 2 heterocycles. The number of aromatic amines is 1. The number of carbonyl (C=O) groups is 1. The van der Waals surface area contributed by atoms with Crippen molar-refractivity contribution in [2.24, 2.45) is 5.41 Å². The van der Waals surface area contributed by atoms with Gasteiger partial charge >= 0.3 is 0 Å². The lowest BCUT2D eigenvalue weighted by atomic mass is 9.64. The number of hydrogen-bond acceptors (Lipinski definition) is 5. The molecule has 0 aromatic carbocycles. The highest BCUT2D eigenvalue weighted by molar-refractivity contribution is 7.10. The summed E-state index contributed by atoms with van der Waals surface area (Å²) in [6.07, 6.45) is 2.91. The van der Waals surface area contributed by atoms with Crippen LogP contribution >= 0.6 is 11.3 Å². The van der Waals surface area contributed by atoms with Crippen LogP contribution in [0.4, 0.5) is 0 Å². The summed E-state index contributed by atoms with van der Waals surface area (Å²) in [7, 11) is 0. The average Bonchev–Trinajstić information content (AvgIpc) is 3.17. The van der Waals surface area contributed by atoms with E-state index in [0.717, 1.165) is 24.1 Å². The van der Waals surface area contributed by atoms with E-state index < -0.39 is 0 Å². The first kappa shape index (κ1) is 16.0. The molecule has 1 amide bonds. The molecule has 124 valence electrons. The van der Waals surface area contributed by atoms with E-state index in [4.69, 9.17) is 4.74 Å². The van der Waals surface area contributed by atoms with Crippen molar-refractivity contribution in [2.45, 2.75) is 32.2 Å². The van der Waals surface area contributed by atoms with Crippen LogP contribution in [0.5, 0.6) is 5.88 Å². The molecule has 1 fully saturated rings. The monoisotopic (exact) mass is 335 g/mol. The number of ether oxygens (including phenoxy) is 1. The molecule has 23 heavy (non-hydrogen) atoms. The van der Waals surface area contributed by atoms with Crippen molar-refractivity contribution >= 4 is 17.2 Å². The lowest BCUT2D eigenvalue weighted by Crippen LogP contribution is -2.47. The molecule has 1 atom stereocenters. The molecule has 3 rings (SSSR count). The number of thiophene rings is 1. The first-order valence-electron chi connectivity index (χ1n) is 7.82. The second-order valence-electron chi connectivity index (χ2n) is 5.85. The second kappa shape index (κ2) is 6.72. The van der Waals surface area contributed by atoms with Gasteiger partial charge in [-0.25, -0.2) is 0 Å². The van der Waals surface area contributed by atoms with E-state index in [1.165, 1.54) is 0 Å². The zero-order valence-electron chi connectivity index (χ0n) is 13.0. The van der Waals surface area contributed by atoms with Crippen LogP contribution in [0.1, 0.15) is 47.6 Å². The van der Waals surface area contributed by atoms with Crippen LogP contribution < -0.4 is 10.1 Å². The van der Waals surface area contributed by atoms with Gasteiger partial charge in [-0.1, -0.05) is 12.5 Å². The maximum atomic E-state index is 12.6. The summed E-state index contributed by atoms with van der Waals surface area (Å²) in [5.74, 6) is 0.174. The summed E-state index contributed by atoms with van der Waals surface area (Å²) in [6.45, 7) is 2.43. The number of nitrogens with one attached hydrogen (secondary N) is 2. The Kier molecular flexibility index (Phi) is 4.68. The van der Waals surface area contributed by atoms with Gasteiger partial charge in [0.15, 0.2) is 0 Å². The number of amides is 1. The second-order valence-corrected chi connectivity index (χ2v) is 6.83. The van der Waals surface area contributed by atoms with E-state index in [9.17, 15) is 9.90 Å². The van der Waals surface area contributed by atoms with Gasteiger partial charge in [0.05, 0.1) is 19.3 Å². The Hall–Kier alpha value is -1.86. The van der Waals surface area contributed by atoms with E-state index in [-0.39, 0.29) is 24.0 Å². The molecule has 0 spiro atoms.